The lowest BCUT2D eigenvalue weighted by atomic mass is 9.88. The fourth-order valence-corrected chi connectivity index (χ4v) is 2.72. The van der Waals surface area contributed by atoms with E-state index in [4.69, 9.17) is 11.6 Å². The number of alkyl halides is 5. The Morgan fingerprint density at radius 2 is 1.67 bits per heavy atom. The van der Waals surface area contributed by atoms with Crippen molar-refractivity contribution in [3.8, 4) is 0 Å². The van der Waals surface area contributed by atoms with Crippen molar-refractivity contribution in [1.82, 2.24) is 0 Å². The van der Waals surface area contributed by atoms with E-state index in [0.29, 0.717) is 16.0 Å². The van der Waals surface area contributed by atoms with Crippen LogP contribution >= 0.6 is 11.6 Å². The average molecular weight is 362 g/mol. The molecule has 1 saturated heterocycles. The van der Waals surface area contributed by atoms with Crippen molar-refractivity contribution in [2.75, 3.05) is 4.90 Å². The largest absolute Gasteiger partial charge is 0.416 e. The van der Waals surface area contributed by atoms with Crippen molar-refractivity contribution in [2.24, 2.45) is 0 Å². The molecular formula is C16H9ClF5NO. The van der Waals surface area contributed by atoms with Gasteiger partial charge in [0.2, 0.25) is 0 Å². The Balaban J connectivity index is 2.03. The van der Waals surface area contributed by atoms with Crippen molar-refractivity contribution >= 4 is 23.2 Å². The molecule has 0 bridgehead atoms. The minimum Gasteiger partial charge on any atom is -0.293 e. The van der Waals surface area contributed by atoms with Gasteiger partial charge < -0.3 is 0 Å². The quantitative estimate of drug-likeness (QED) is 0.539. The van der Waals surface area contributed by atoms with Crippen molar-refractivity contribution in [2.45, 2.75) is 18.1 Å². The zero-order valence-corrected chi connectivity index (χ0v) is 12.6. The van der Waals surface area contributed by atoms with Crippen LogP contribution in [0.4, 0.5) is 27.6 Å². The smallest absolute Gasteiger partial charge is 0.293 e. The van der Waals surface area contributed by atoms with E-state index < -0.39 is 29.6 Å². The molecule has 0 saturated carbocycles. The van der Waals surface area contributed by atoms with Gasteiger partial charge in [-0.25, -0.2) is 0 Å². The van der Waals surface area contributed by atoms with Crippen LogP contribution in [-0.2, 0) is 11.0 Å². The Hall–Kier alpha value is -2.15. The van der Waals surface area contributed by atoms with Crippen molar-refractivity contribution in [3.05, 3.63) is 64.7 Å². The molecule has 2 nitrogen and oxygen atoms in total. The van der Waals surface area contributed by atoms with Gasteiger partial charge in [-0.3, -0.25) is 9.69 Å². The number of anilines is 1. The molecule has 0 aliphatic carbocycles. The molecule has 1 aliphatic rings. The number of halogens is 6. The Bertz CT molecular complexity index is 788. The first-order chi connectivity index (χ1) is 11.1. The second kappa shape index (κ2) is 5.44. The molecule has 1 fully saturated rings. The summed E-state index contributed by atoms with van der Waals surface area (Å²) < 4.78 is 66.4. The maximum absolute atomic E-state index is 14.0. The van der Waals surface area contributed by atoms with Crippen molar-refractivity contribution in [1.29, 1.82) is 0 Å². The third-order valence-corrected chi connectivity index (χ3v) is 3.99. The van der Waals surface area contributed by atoms with Crippen LogP contribution in [0.2, 0.25) is 5.02 Å². The summed E-state index contributed by atoms with van der Waals surface area (Å²) in [5.41, 5.74) is -1.17. The third-order valence-electron chi connectivity index (χ3n) is 3.74. The summed E-state index contributed by atoms with van der Waals surface area (Å²) in [5, 5.41) is 0.318. The molecule has 0 unspecified atom stereocenters. The zero-order chi connectivity index (χ0) is 17.7. The highest BCUT2D eigenvalue weighted by Crippen LogP contribution is 2.50. The highest BCUT2D eigenvalue weighted by molar-refractivity contribution is 6.30. The molecule has 1 aliphatic heterocycles. The summed E-state index contributed by atoms with van der Waals surface area (Å²) in [6.45, 7) is 0. The standard InChI is InChI=1S/C16H9ClF5NO/c17-11-6-4-9(5-7-11)13-15(18,19)14(24)23(13)12-3-1-2-10(8-12)16(20,21)22/h1-8,13H/t13-/m1/s1. The van der Waals surface area contributed by atoms with Gasteiger partial charge in [0, 0.05) is 10.7 Å². The van der Waals surface area contributed by atoms with Gasteiger partial charge in [0.15, 0.2) is 0 Å². The molecule has 0 N–H and O–H groups in total. The van der Waals surface area contributed by atoms with Crippen LogP contribution in [0.3, 0.4) is 0 Å². The van der Waals surface area contributed by atoms with Crippen molar-refractivity contribution < 1.29 is 26.7 Å². The predicted octanol–water partition coefficient (Wildman–Crippen LogP) is 5.08. The van der Waals surface area contributed by atoms with Crippen LogP contribution in [0, 0.1) is 0 Å². The number of hydrogen-bond acceptors (Lipinski definition) is 1. The lowest BCUT2D eigenvalue weighted by Crippen LogP contribution is -2.64. The highest BCUT2D eigenvalue weighted by atomic mass is 35.5. The van der Waals surface area contributed by atoms with Crippen LogP contribution in [0.25, 0.3) is 0 Å². The summed E-state index contributed by atoms with van der Waals surface area (Å²) in [4.78, 5) is 12.4. The second-order valence-electron chi connectivity index (χ2n) is 5.30. The summed E-state index contributed by atoms with van der Waals surface area (Å²) in [6.07, 6.45) is -4.64. The van der Waals surface area contributed by atoms with Crippen LogP contribution in [0.1, 0.15) is 17.2 Å². The Kier molecular flexibility index (Phi) is 3.79. The molecule has 2 aromatic carbocycles. The van der Waals surface area contributed by atoms with Gasteiger partial charge in [-0.2, -0.15) is 22.0 Å². The van der Waals surface area contributed by atoms with Crippen LogP contribution in [0.15, 0.2) is 48.5 Å². The van der Waals surface area contributed by atoms with Gasteiger partial charge >= 0.3 is 18.0 Å². The van der Waals surface area contributed by atoms with E-state index in [0.717, 1.165) is 12.1 Å². The Labute approximate surface area is 138 Å². The van der Waals surface area contributed by atoms with Crippen LogP contribution < -0.4 is 4.90 Å². The van der Waals surface area contributed by atoms with E-state index in [1.54, 1.807) is 0 Å². The third kappa shape index (κ3) is 2.62. The van der Waals surface area contributed by atoms with Gasteiger partial charge in [-0.15, -0.1) is 0 Å². The molecule has 1 heterocycles. The summed E-state index contributed by atoms with van der Waals surface area (Å²) in [5.74, 6) is -5.23. The van der Waals surface area contributed by atoms with Crippen molar-refractivity contribution in [3.63, 3.8) is 0 Å². The topological polar surface area (TPSA) is 20.3 Å². The van der Waals surface area contributed by atoms with E-state index in [1.807, 2.05) is 0 Å². The van der Waals surface area contributed by atoms with Gasteiger partial charge in [0.05, 0.1) is 5.56 Å². The first-order valence-corrected chi connectivity index (χ1v) is 7.14. The lowest BCUT2D eigenvalue weighted by Gasteiger charge is -2.46. The maximum Gasteiger partial charge on any atom is 0.416 e. The summed E-state index contributed by atoms with van der Waals surface area (Å²) in [6, 6.07) is 7.44. The van der Waals surface area contributed by atoms with E-state index in [2.05, 4.69) is 0 Å². The Morgan fingerprint density at radius 3 is 2.25 bits per heavy atom. The molecule has 0 spiro atoms. The van der Waals surface area contributed by atoms with Gasteiger partial charge in [0.1, 0.15) is 6.04 Å². The second-order valence-corrected chi connectivity index (χ2v) is 5.74. The fraction of sp³-hybridized carbons (Fsp3) is 0.188. The molecule has 8 heteroatoms. The number of rotatable bonds is 2. The predicted molar refractivity (Wildman–Crippen MR) is 78.1 cm³/mol. The van der Waals surface area contributed by atoms with Crippen LogP contribution in [-0.4, -0.2) is 11.8 Å². The number of hydrogen-bond donors (Lipinski definition) is 0. The minimum absolute atomic E-state index is 0.0846. The molecule has 1 amide bonds. The summed E-state index contributed by atoms with van der Waals surface area (Å²) >= 11 is 5.71. The minimum atomic E-state index is -4.64. The van der Waals surface area contributed by atoms with E-state index in [1.165, 1.54) is 30.3 Å². The SMILES string of the molecule is O=C1N(c2cccc(C(F)(F)F)c2)[C@H](c2ccc(Cl)cc2)C1(F)F. The van der Waals surface area contributed by atoms with E-state index in [9.17, 15) is 26.7 Å². The fourth-order valence-electron chi connectivity index (χ4n) is 2.59. The monoisotopic (exact) mass is 361 g/mol. The number of benzene rings is 2. The van der Waals surface area contributed by atoms with Gasteiger partial charge in [-0.1, -0.05) is 29.8 Å². The first kappa shape index (κ1) is 16.7. The normalized spacial score (nSPS) is 20.0. The molecule has 24 heavy (non-hydrogen) atoms. The molecule has 1 atom stereocenters. The van der Waals surface area contributed by atoms with Gasteiger partial charge in [-0.05, 0) is 35.9 Å². The van der Waals surface area contributed by atoms with Gasteiger partial charge in [0.25, 0.3) is 0 Å². The molecule has 2 aromatic rings. The maximum atomic E-state index is 14.0. The molecule has 0 aromatic heterocycles. The van der Waals surface area contributed by atoms with E-state index in [-0.39, 0.29) is 11.3 Å². The first-order valence-electron chi connectivity index (χ1n) is 6.76. The number of amides is 1. The molecule has 126 valence electrons. The van der Waals surface area contributed by atoms with Crippen LogP contribution in [0.5, 0.6) is 0 Å². The average Bonchev–Trinajstić information content (AvgIpc) is 2.52. The molecule has 3 rings (SSSR count). The van der Waals surface area contributed by atoms with E-state index >= 15 is 0 Å². The number of β-lactam (4-membered cyclic amide) rings is 1. The lowest BCUT2D eigenvalue weighted by molar-refractivity contribution is -0.162. The number of nitrogens with zero attached hydrogens (tertiary/aromatic N) is 1. The highest BCUT2D eigenvalue weighted by Gasteiger charge is 2.64. The number of carbonyl (C=O) groups excluding carboxylic acids is 1. The molecular weight excluding hydrogens is 353 g/mol. The summed E-state index contributed by atoms with van der Waals surface area (Å²) in [7, 11) is 0. The molecule has 0 radical (unpaired) electrons. The number of carbonyl (C=O) groups is 1. The zero-order valence-electron chi connectivity index (χ0n) is 11.8. The Morgan fingerprint density at radius 1 is 1.04 bits per heavy atom.